The van der Waals surface area contributed by atoms with E-state index in [1.165, 1.54) is 75.0 Å². The number of piperidine rings is 1. The maximum absolute atomic E-state index is 4.36. The molecule has 3 nitrogen and oxygen atoms in total. The van der Waals surface area contributed by atoms with Crippen molar-refractivity contribution in [2.45, 2.75) is 70.4 Å². The van der Waals surface area contributed by atoms with E-state index in [0.717, 1.165) is 13.1 Å². The molecule has 1 N–H and O–H groups in total. The molecule has 1 aliphatic heterocycles. The van der Waals surface area contributed by atoms with Crippen molar-refractivity contribution in [1.29, 1.82) is 0 Å². The highest BCUT2D eigenvalue weighted by Crippen LogP contribution is 2.35. The molecule has 0 aromatic carbocycles. The molecule has 4 heteroatoms. The van der Waals surface area contributed by atoms with Crippen LogP contribution in [0.15, 0.2) is 5.51 Å². The second-order valence-electron chi connectivity index (χ2n) is 6.80. The second kappa shape index (κ2) is 7.21. The minimum absolute atomic E-state index is 0.442. The summed E-state index contributed by atoms with van der Waals surface area (Å²) in [5.74, 6) is 0. The van der Waals surface area contributed by atoms with Gasteiger partial charge in [-0.3, -0.25) is 4.90 Å². The zero-order valence-corrected chi connectivity index (χ0v) is 14.2. The Bertz CT molecular complexity index is 431. The van der Waals surface area contributed by atoms with Crippen molar-refractivity contribution < 1.29 is 0 Å². The number of nitrogens with one attached hydrogen (secondary N) is 1. The Hall–Kier alpha value is -0.450. The van der Waals surface area contributed by atoms with Crippen molar-refractivity contribution in [2.24, 2.45) is 0 Å². The lowest BCUT2D eigenvalue weighted by Gasteiger charge is -2.48. The average molecular weight is 308 g/mol. The molecule has 0 radical (unpaired) electrons. The fourth-order valence-electron chi connectivity index (χ4n) is 4.09. The average Bonchev–Trinajstić information content (AvgIpc) is 2.95. The van der Waals surface area contributed by atoms with Crippen LogP contribution in [0.25, 0.3) is 0 Å². The second-order valence-corrected chi connectivity index (χ2v) is 7.74. The van der Waals surface area contributed by atoms with E-state index in [1.54, 1.807) is 11.3 Å². The van der Waals surface area contributed by atoms with Crippen LogP contribution in [0.3, 0.4) is 0 Å². The maximum Gasteiger partial charge on any atom is 0.0798 e. The molecule has 21 heavy (non-hydrogen) atoms. The van der Waals surface area contributed by atoms with Crippen molar-refractivity contribution in [1.82, 2.24) is 15.2 Å². The van der Waals surface area contributed by atoms with Crippen LogP contribution in [0.5, 0.6) is 0 Å². The first-order valence-electron chi connectivity index (χ1n) is 8.65. The van der Waals surface area contributed by atoms with Gasteiger partial charge in [-0.15, -0.1) is 11.3 Å². The lowest BCUT2D eigenvalue weighted by Crippen LogP contribution is -2.57. The molecule has 1 aromatic rings. The van der Waals surface area contributed by atoms with Crippen molar-refractivity contribution >= 4 is 11.3 Å². The third-order valence-corrected chi connectivity index (χ3v) is 6.33. The Balaban J connectivity index is 1.60. The van der Waals surface area contributed by atoms with Crippen LogP contribution in [0.4, 0.5) is 0 Å². The Labute approximate surface area is 133 Å². The molecule has 0 atom stereocenters. The summed E-state index contributed by atoms with van der Waals surface area (Å²) in [6, 6.07) is 0. The first kappa shape index (κ1) is 15.4. The molecule has 0 bridgehead atoms. The summed E-state index contributed by atoms with van der Waals surface area (Å²) in [7, 11) is 0. The standard InChI is InChI=1S/C17H29N3S/c1-15-16(21-14-19-15)12-18-13-17(8-4-2-5-9-17)20-10-6-3-7-11-20/h14,18H,2-13H2,1H3. The Morgan fingerprint density at radius 1 is 1.14 bits per heavy atom. The molecule has 118 valence electrons. The zero-order valence-electron chi connectivity index (χ0n) is 13.4. The fraction of sp³-hybridized carbons (Fsp3) is 0.824. The molecule has 1 aliphatic carbocycles. The fourth-order valence-corrected chi connectivity index (χ4v) is 4.83. The predicted molar refractivity (Wildman–Crippen MR) is 89.8 cm³/mol. The van der Waals surface area contributed by atoms with Crippen LogP contribution >= 0.6 is 11.3 Å². The van der Waals surface area contributed by atoms with Crippen molar-refractivity contribution in [3.63, 3.8) is 0 Å². The third-order valence-electron chi connectivity index (χ3n) is 5.40. The summed E-state index contributed by atoms with van der Waals surface area (Å²) in [6.07, 6.45) is 11.3. The van der Waals surface area contributed by atoms with Gasteiger partial charge in [0.1, 0.15) is 0 Å². The van der Waals surface area contributed by atoms with Gasteiger partial charge in [-0.25, -0.2) is 4.98 Å². The highest BCUT2D eigenvalue weighted by Gasteiger charge is 2.37. The number of aryl methyl sites for hydroxylation is 1. The molecule has 0 unspecified atom stereocenters. The van der Waals surface area contributed by atoms with Gasteiger partial charge in [0.25, 0.3) is 0 Å². The summed E-state index contributed by atoms with van der Waals surface area (Å²) >= 11 is 1.78. The normalized spacial score (nSPS) is 23.3. The van der Waals surface area contributed by atoms with E-state index in [1.807, 2.05) is 5.51 Å². The van der Waals surface area contributed by atoms with Crippen LogP contribution in [-0.4, -0.2) is 35.1 Å². The van der Waals surface area contributed by atoms with Gasteiger partial charge in [0.15, 0.2) is 0 Å². The molecule has 3 rings (SSSR count). The first-order valence-corrected chi connectivity index (χ1v) is 9.53. The predicted octanol–water partition coefficient (Wildman–Crippen LogP) is 3.73. The first-order chi connectivity index (χ1) is 10.3. The van der Waals surface area contributed by atoms with Crippen LogP contribution in [0.1, 0.15) is 61.9 Å². The van der Waals surface area contributed by atoms with Crippen molar-refractivity contribution in [2.75, 3.05) is 19.6 Å². The Morgan fingerprint density at radius 3 is 2.52 bits per heavy atom. The van der Waals surface area contributed by atoms with Crippen molar-refractivity contribution in [3.8, 4) is 0 Å². The largest absolute Gasteiger partial charge is 0.310 e. The van der Waals surface area contributed by atoms with Crippen LogP contribution in [0, 0.1) is 6.92 Å². The lowest BCUT2D eigenvalue weighted by atomic mass is 9.79. The van der Waals surface area contributed by atoms with E-state index in [0.29, 0.717) is 5.54 Å². The smallest absolute Gasteiger partial charge is 0.0798 e. The van der Waals surface area contributed by atoms with Crippen LogP contribution in [0.2, 0.25) is 0 Å². The quantitative estimate of drug-likeness (QED) is 0.898. The highest BCUT2D eigenvalue weighted by atomic mass is 32.1. The molecule has 1 aromatic heterocycles. The monoisotopic (exact) mass is 307 g/mol. The molecule has 2 aliphatic rings. The van der Waals surface area contributed by atoms with E-state index >= 15 is 0 Å². The number of aromatic nitrogens is 1. The van der Waals surface area contributed by atoms with Gasteiger partial charge in [0.2, 0.25) is 0 Å². The molecule has 2 fully saturated rings. The van der Waals surface area contributed by atoms with E-state index in [9.17, 15) is 0 Å². The summed E-state index contributed by atoms with van der Waals surface area (Å²) in [6.45, 7) is 6.91. The third kappa shape index (κ3) is 3.66. The summed E-state index contributed by atoms with van der Waals surface area (Å²) in [4.78, 5) is 8.58. The lowest BCUT2D eigenvalue weighted by molar-refractivity contribution is 0.0333. The van der Waals surface area contributed by atoms with Gasteiger partial charge >= 0.3 is 0 Å². The minimum atomic E-state index is 0.442. The number of hydrogen-bond donors (Lipinski definition) is 1. The highest BCUT2D eigenvalue weighted by molar-refractivity contribution is 7.09. The molecular formula is C17H29N3S. The van der Waals surface area contributed by atoms with Gasteiger partial charge in [0, 0.05) is 23.5 Å². The number of nitrogens with zero attached hydrogens (tertiary/aromatic N) is 2. The number of hydrogen-bond acceptors (Lipinski definition) is 4. The molecule has 0 amide bonds. The SMILES string of the molecule is Cc1ncsc1CNCC1(N2CCCCC2)CCCCC1. The number of thiazole rings is 1. The Morgan fingerprint density at radius 2 is 1.86 bits per heavy atom. The zero-order chi connectivity index (χ0) is 14.5. The molecule has 0 spiro atoms. The van der Waals surface area contributed by atoms with E-state index in [-0.39, 0.29) is 0 Å². The van der Waals surface area contributed by atoms with Gasteiger partial charge < -0.3 is 5.32 Å². The van der Waals surface area contributed by atoms with E-state index in [4.69, 9.17) is 0 Å². The van der Waals surface area contributed by atoms with E-state index < -0.39 is 0 Å². The summed E-state index contributed by atoms with van der Waals surface area (Å²) < 4.78 is 0. The van der Waals surface area contributed by atoms with Crippen LogP contribution < -0.4 is 5.32 Å². The Kier molecular flexibility index (Phi) is 5.30. The van der Waals surface area contributed by atoms with Crippen molar-refractivity contribution in [3.05, 3.63) is 16.1 Å². The number of likely N-dealkylation sites (tertiary alicyclic amines) is 1. The van der Waals surface area contributed by atoms with Gasteiger partial charge in [-0.2, -0.15) is 0 Å². The van der Waals surface area contributed by atoms with Crippen LogP contribution in [-0.2, 0) is 6.54 Å². The molecule has 1 saturated heterocycles. The van der Waals surface area contributed by atoms with E-state index in [2.05, 4.69) is 22.1 Å². The van der Waals surface area contributed by atoms with Gasteiger partial charge in [0.05, 0.1) is 11.2 Å². The molecule has 1 saturated carbocycles. The van der Waals surface area contributed by atoms with Gasteiger partial charge in [-0.05, 0) is 45.7 Å². The summed E-state index contributed by atoms with van der Waals surface area (Å²) in [5.41, 5.74) is 3.60. The maximum atomic E-state index is 4.36. The molecule has 2 heterocycles. The van der Waals surface area contributed by atoms with Gasteiger partial charge in [-0.1, -0.05) is 25.7 Å². The molecular weight excluding hydrogens is 278 g/mol. The number of rotatable bonds is 5. The topological polar surface area (TPSA) is 28.2 Å². The minimum Gasteiger partial charge on any atom is -0.310 e. The summed E-state index contributed by atoms with van der Waals surface area (Å²) in [5, 5.41) is 3.77.